The average Bonchev–Trinajstić information content (AvgIpc) is 3.18. The van der Waals surface area contributed by atoms with Crippen LogP contribution in [0.5, 0.6) is 0 Å². The summed E-state index contributed by atoms with van der Waals surface area (Å²) in [5, 5.41) is 3.05. The van der Waals surface area contributed by atoms with Gasteiger partial charge in [-0.2, -0.15) is 0 Å². The van der Waals surface area contributed by atoms with Crippen LogP contribution in [0, 0.1) is 19.7 Å². The maximum atomic E-state index is 13.8. The van der Waals surface area contributed by atoms with E-state index in [1.807, 2.05) is 45.9 Å². The molecule has 6 heteroatoms. The van der Waals surface area contributed by atoms with E-state index in [1.54, 1.807) is 19.1 Å². The van der Waals surface area contributed by atoms with Crippen LogP contribution in [0.25, 0.3) is 0 Å². The quantitative estimate of drug-likeness (QED) is 0.515. The van der Waals surface area contributed by atoms with Crippen molar-refractivity contribution < 1.29 is 18.4 Å². The highest BCUT2D eigenvalue weighted by Gasteiger charge is 2.36. The van der Waals surface area contributed by atoms with Crippen molar-refractivity contribution in [2.45, 2.75) is 52.6 Å². The van der Waals surface area contributed by atoms with Crippen LogP contribution in [-0.2, 0) is 4.79 Å². The predicted molar refractivity (Wildman–Crippen MR) is 123 cm³/mol. The van der Waals surface area contributed by atoms with Crippen molar-refractivity contribution in [3.63, 3.8) is 0 Å². The van der Waals surface area contributed by atoms with Crippen molar-refractivity contribution in [1.29, 1.82) is 0 Å². The molecule has 1 heterocycles. The molecule has 3 aromatic rings. The molecule has 1 atom stereocenters. The van der Waals surface area contributed by atoms with Crippen LogP contribution >= 0.6 is 0 Å². The third-order valence-electron chi connectivity index (χ3n) is 5.63. The summed E-state index contributed by atoms with van der Waals surface area (Å²) in [6.07, 6.45) is 2.15. The maximum Gasteiger partial charge on any atom is 0.262 e. The molecule has 32 heavy (non-hydrogen) atoms. The zero-order valence-electron chi connectivity index (χ0n) is 19.1. The molecule has 168 valence electrons. The summed E-state index contributed by atoms with van der Waals surface area (Å²) in [4.78, 5) is 28.9. The number of halogens is 1. The highest BCUT2D eigenvalue weighted by molar-refractivity contribution is 6.10. The average molecular weight is 437 g/mol. The third kappa shape index (κ3) is 5.07. The van der Waals surface area contributed by atoms with Gasteiger partial charge >= 0.3 is 0 Å². The number of furan rings is 1. The van der Waals surface area contributed by atoms with Gasteiger partial charge in [0.2, 0.25) is 5.91 Å². The second-order valence-electron chi connectivity index (χ2n) is 8.59. The van der Waals surface area contributed by atoms with Gasteiger partial charge in [0.15, 0.2) is 0 Å². The number of benzene rings is 2. The lowest BCUT2D eigenvalue weighted by Gasteiger charge is -2.34. The van der Waals surface area contributed by atoms with Gasteiger partial charge in [0.25, 0.3) is 5.91 Å². The van der Waals surface area contributed by atoms with Gasteiger partial charge in [-0.1, -0.05) is 31.2 Å². The summed E-state index contributed by atoms with van der Waals surface area (Å²) < 4.78 is 19.1. The predicted octanol–water partition coefficient (Wildman–Crippen LogP) is 5.73. The minimum absolute atomic E-state index is 0.348. The lowest BCUT2D eigenvalue weighted by Crippen LogP contribution is -2.50. The molecule has 0 radical (unpaired) electrons. The summed E-state index contributed by atoms with van der Waals surface area (Å²) in [7, 11) is 0. The largest absolute Gasteiger partial charge is 0.469 e. The zero-order chi connectivity index (χ0) is 23.5. The van der Waals surface area contributed by atoms with Crippen molar-refractivity contribution in [2.24, 2.45) is 0 Å². The fourth-order valence-corrected chi connectivity index (χ4v) is 3.45. The highest BCUT2D eigenvalue weighted by Crippen LogP contribution is 2.32. The van der Waals surface area contributed by atoms with E-state index >= 15 is 0 Å². The first kappa shape index (κ1) is 23.3. The Morgan fingerprint density at radius 2 is 1.78 bits per heavy atom. The molecule has 5 nitrogen and oxygen atoms in total. The van der Waals surface area contributed by atoms with E-state index < -0.39 is 17.4 Å². The van der Waals surface area contributed by atoms with Gasteiger partial charge in [-0.05, 0) is 75.6 Å². The molecule has 0 saturated heterocycles. The number of hydrogen-bond donors (Lipinski definition) is 1. The summed E-state index contributed by atoms with van der Waals surface area (Å²) in [5.74, 6) is -0.680. The molecule has 0 fully saturated rings. The van der Waals surface area contributed by atoms with E-state index in [9.17, 15) is 14.0 Å². The van der Waals surface area contributed by atoms with Crippen molar-refractivity contribution in [2.75, 3.05) is 4.90 Å². The normalized spacial score (nSPS) is 12.3. The van der Waals surface area contributed by atoms with E-state index in [0.717, 1.165) is 5.56 Å². The van der Waals surface area contributed by atoms with Gasteiger partial charge in [-0.25, -0.2) is 4.39 Å². The van der Waals surface area contributed by atoms with Gasteiger partial charge < -0.3 is 9.73 Å². The lowest BCUT2D eigenvalue weighted by atomic mass is 9.97. The Morgan fingerprint density at radius 1 is 1.09 bits per heavy atom. The number of carbonyl (C=O) groups excluding carboxylic acids is 2. The van der Waals surface area contributed by atoms with E-state index in [2.05, 4.69) is 5.32 Å². The number of hydrogen-bond acceptors (Lipinski definition) is 3. The zero-order valence-corrected chi connectivity index (χ0v) is 19.1. The van der Waals surface area contributed by atoms with Gasteiger partial charge in [-0.15, -0.1) is 0 Å². The number of nitrogens with one attached hydrogen (secondary N) is 1. The molecule has 0 aliphatic rings. The van der Waals surface area contributed by atoms with Crippen LogP contribution in [0.4, 0.5) is 10.1 Å². The van der Waals surface area contributed by atoms with Crippen LogP contribution < -0.4 is 10.2 Å². The maximum absolute atomic E-state index is 13.8. The summed E-state index contributed by atoms with van der Waals surface area (Å²) in [5.41, 5.74) is 1.89. The number of amides is 2. The van der Waals surface area contributed by atoms with Gasteiger partial charge in [0.05, 0.1) is 11.8 Å². The van der Waals surface area contributed by atoms with Gasteiger partial charge in [0, 0.05) is 11.2 Å². The van der Waals surface area contributed by atoms with Crippen LogP contribution in [-0.4, -0.2) is 17.4 Å². The minimum Gasteiger partial charge on any atom is -0.469 e. The standard InChI is InChI=1S/C26H29FN2O3/c1-6-26(4,5)28-24(30)23(19-10-12-20(27)13-11-19)29(21-9-7-8-17(2)16-21)25(31)22-14-15-32-18(22)3/h7-16,23H,6H2,1-5H3,(H,28,30)/t23-/m1/s1. The first-order chi connectivity index (χ1) is 15.1. The molecular weight excluding hydrogens is 407 g/mol. The van der Waals surface area contributed by atoms with Gasteiger partial charge in [0.1, 0.15) is 17.6 Å². The molecule has 3 rings (SSSR count). The van der Waals surface area contributed by atoms with E-state index in [1.165, 1.54) is 35.4 Å². The molecule has 0 unspecified atom stereocenters. The summed E-state index contributed by atoms with van der Waals surface area (Å²) in [6, 6.07) is 13.6. The van der Waals surface area contributed by atoms with Crippen LogP contribution in [0.1, 0.15) is 60.5 Å². The Bertz CT molecular complexity index is 1100. The lowest BCUT2D eigenvalue weighted by molar-refractivity contribution is -0.124. The first-order valence-electron chi connectivity index (χ1n) is 10.6. The number of aryl methyl sites for hydroxylation is 2. The van der Waals surface area contributed by atoms with E-state index in [0.29, 0.717) is 29.0 Å². The fourth-order valence-electron chi connectivity index (χ4n) is 3.45. The fraction of sp³-hybridized carbons (Fsp3) is 0.308. The van der Waals surface area contributed by atoms with E-state index in [4.69, 9.17) is 4.42 Å². The molecule has 0 saturated carbocycles. The van der Waals surface area contributed by atoms with Crippen molar-refractivity contribution >= 4 is 17.5 Å². The minimum atomic E-state index is -1.01. The van der Waals surface area contributed by atoms with Crippen molar-refractivity contribution in [3.05, 3.63) is 89.1 Å². The highest BCUT2D eigenvalue weighted by atomic mass is 19.1. The Balaban J connectivity index is 2.20. The summed E-state index contributed by atoms with van der Waals surface area (Å²) >= 11 is 0. The van der Waals surface area contributed by atoms with Crippen LogP contribution in [0.3, 0.4) is 0 Å². The monoisotopic (exact) mass is 436 g/mol. The Kier molecular flexibility index (Phi) is 6.82. The Hall–Kier alpha value is -3.41. The van der Waals surface area contributed by atoms with Crippen LogP contribution in [0.2, 0.25) is 0 Å². The van der Waals surface area contributed by atoms with Crippen molar-refractivity contribution in [3.8, 4) is 0 Å². The smallest absolute Gasteiger partial charge is 0.262 e. The molecule has 2 amide bonds. The molecule has 1 aromatic heterocycles. The third-order valence-corrected chi connectivity index (χ3v) is 5.63. The van der Waals surface area contributed by atoms with Crippen LogP contribution in [0.15, 0.2) is 65.3 Å². The second kappa shape index (κ2) is 9.39. The molecule has 0 bridgehead atoms. The van der Waals surface area contributed by atoms with E-state index in [-0.39, 0.29) is 11.8 Å². The number of nitrogens with zero attached hydrogens (tertiary/aromatic N) is 1. The number of carbonyl (C=O) groups is 2. The first-order valence-corrected chi connectivity index (χ1v) is 10.6. The number of anilines is 1. The SMILES string of the molecule is CCC(C)(C)NC(=O)[C@@H](c1ccc(F)cc1)N(C(=O)c1ccoc1C)c1cccc(C)c1. The molecule has 1 N–H and O–H groups in total. The van der Waals surface area contributed by atoms with Gasteiger partial charge in [-0.3, -0.25) is 14.5 Å². The molecule has 0 aliphatic carbocycles. The second-order valence-corrected chi connectivity index (χ2v) is 8.59. The molecular formula is C26H29FN2O3. The topological polar surface area (TPSA) is 62.6 Å². The molecule has 0 spiro atoms. The Labute approximate surface area is 188 Å². The molecule has 2 aromatic carbocycles. The van der Waals surface area contributed by atoms with Crippen molar-refractivity contribution in [1.82, 2.24) is 5.32 Å². The molecule has 0 aliphatic heterocycles. The Morgan fingerprint density at radius 3 is 2.34 bits per heavy atom. The summed E-state index contributed by atoms with van der Waals surface area (Å²) in [6.45, 7) is 9.44. The number of rotatable bonds is 7.